The van der Waals surface area contributed by atoms with Crippen LogP contribution in [0, 0.1) is 0 Å². The van der Waals surface area contributed by atoms with E-state index in [0.717, 1.165) is 37.2 Å². The number of hydrogen-bond acceptors (Lipinski definition) is 3. The van der Waals surface area contributed by atoms with Crippen molar-refractivity contribution in [2.75, 3.05) is 13.1 Å². The monoisotopic (exact) mass is 179 g/mol. The Morgan fingerprint density at radius 1 is 1.46 bits per heavy atom. The van der Waals surface area contributed by atoms with Gasteiger partial charge in [-0.3, -0.25) is 4.79 Å². The number of fused-ring (bicyclic) bond motifs is 1. The van der Waals surface area contributed by atoms with Crippen molar-refractivity contribution in [3.63, 3.8) is 0 Å². The molecular weight excluding hydrogens is 166 g/mol. The summed E-state index contributed by atoms with van der Waals surface area (Å²) in [5.74, 6) is 0. The molecule has 0 amide bonds. The lowest BCUT2D eigenvalue weighted by Gasteiger charge is -2.04. The first kappa shape index (κ1) is 8.44. The van der Waals surface area contributed by atoms with Crippen molar-refractivity contribution in [1.82, 2.24) is 15.1 Å². The molecule has 1 aromatic heterocycles. The van der Waals surface area contributed by atoms with Gasteiger partial charge >= 0.3 is 0 Å². The third-order valence-corrected chi connectivity index (χ3v) is 2.37. The van der Waals surface area contributed by atoms with Gasteiger partial charge in [-0.2, -0.15) is 5.10 Å². The maximum atomic E-state index is 11.3. The van der Waals surface area contributed by atoms with E-state index in [9.17, 15) is 4.79 Å². The normalized spacial score (nSPS) is 16.4. The Kier molecular flexibility index (Phi) is 2.14. The van der Waals surface area contributed by atoms with Gasteiger partial charge in [-0.05, 0) is 18.5 Å². The number of nitrogens with one attached hydrogen (secondary N) is 1. The van der Waals surface area contributed by atoms with Crippen molar-refractivity contribution in [2.45, 2.75) is 12.8 Å². The molecule has 0 saturated carbocycles. The van der Waals surface area contributed by atoms with E-state index in [-0.39, 0.29) is 5.56 Å². The minimum Gasteiger partial charge on any atom is -0.316 e. The molecular formula is C9H13N3O. The third-order valence-electron chi connectivity index (χ3n) is 2.37. The van der Waals surface area contributed by atoms with Crippen LogP contribution in [-0.2, 0) is 19.9 Å². The summed E-state index contributed by atoms with van der Waals surface area (Å²) in [4.78, 5) is 11.3. The van der Waals surface area contributed by atoms with Crippen molar-refractivity contribution in [3.05, 3.63) is 27.7 Å². The molecule has 1 N–H and O–H groups in total. The molecule has 0 unspecified atom stereocenters. The zero-order valence-electron chi connectivity index (χ0n) is 7.71. The van der Waals surface area contributed by atoms with Crippen LogP contribution in [0.25, 0.3) is 0 Å². The minimum atomic E-state index is -0.0133. The summed E-state index contributed by atoms with van der Waals surface area (Å²) in [5, 5.41) is 7.52. The number of aromatic nitrogens is 2. The van der Waals surface area contributed by atoms with Gasteiger partial charge in [-0.1, -0.05) is 0 Å². The van der Waals surface area contributed by atoms with Crippen LogP contribution in [-0.4, -0.2) is 22.9 Å². The lowest BCUT2D eigenvalue weighted by atomic mass is 10.1. The Morgan fingerprint density at radius 3 is 3.08 bits per heavy atom. The molecule has 0 saturated heterocycles. The van der Waals surface area contributed by atoms with E-state index in [2.05, 4.69) is 10.4 Å². The Bertz CT molecular complexity index is 370. The lowest BCUT2D eigenvalue weighted by Crippen LogP contribution is -2.21. The highest BCUT2D eigenvalue weighted by atomic mass is 16.1. The van der Waals surface area contributed by atoms with Crippen LogP contribution < -0.4 is 10.9 Å². The summed E-state index contributed by atoms with van der Waals surface area (Å²) in [7, 11) is 1.70. The number of nitrogens with zero attached hydrogens (tertiary/aromatic N) is 2. The van der Waals surface area contributed by atoms with Crippen molar-refractivity contribution in [2.24, 2.45) is 7.05 Å². The fourth-order valence-corrected chi connectivity index (χ4v) is 1.60. The summed E-state index contributed by atoms with van der Waals surface area (Å²) in [6.45, 7) is 1.90. The van der Waals surface area contributed by atoms with Crippen LogP contribution in [0.4, 0.5) is 0 Å². The molecule has 0 fully saturated rings. The van der Waals surface area contributed by atoms with E-state index in [0.29, 0.717) is 0 Å². The first-order valence-electron chi connectivity index (χ1n) is 4.54. The van der Waals surface area contributed by atoms with Crippen LogP contribution in [0.5, 0.6) is 0 Å². The SMILES string of the molecule is Cn1nc2c(cc1=O)CCNCC2. The smallest absolute Gasteiger partial charge is 0.266 e. The van der Waals surface area contributed by atoms with Crippen molar-refractivity contribution < 1.29 is 0 Å². The molecule has 1 aliphatic rings. The van der Waals surface area contributed by atoms with E-state index in [1.807, 2.05) is 0 Å². The molecule has 0 atom stereocenters. The van der Waals surface area contributed by atoms with Crippen molar-refractivity contribution in [3.8, 4) is 0 Å². The van der Waals surface area contributed by atoms with Gasteiger partial charge < -0.3 is 5.32 Å². The van der Waals surface area contributed by atoms with Gasteiger partial charge in [-0.25, -0.2) is 4.68 Å². The molecule has 0 aromatic carbocycles. The first-order chi connectivity index (χ1) is 6.27. The van der Waals surface area contributed by atoms with Gasteiger partial charge in [-0.15, -0.1) is 0 Å². The fraction of sp³-hybridized carbons (Fsp3) is 0.556. The highest BCUT2D eigenvalue weighted by Crippen LogP contribution is 2.06. The maximum absolute atomic E-state index is 11.3. The zero-order chi connectivity index (χ0) is 9.26. The van der Waals surface area contributed by atoms with E-state index < -0.39 is 0 Å². The van der Waals surface area contributed by atoms with E-state index in [4.69, 9.17) is 0 Å². The van der Waals surface area contributed by atoms with Crippen LogP contribution in [0.3, 0.4) is 0 Å². The molecule has 4 nitrogen and oxygen atoms in total. The number of rotatable bonds is 0. The maximum Gasteiger partial charge on any atom is 0.266 e. The van der Waals surface area contributed by atoms with Gasteiger partial charge in [0.1, 0.15) is 0 Å². The average Bonchev–Trinajstić information content (AvgIpc) is 2.31. The topological polar surface area (TPSA) is 46.9 Å². The minimum absolute atomic E-state index is 0.0133. The van der Waals surface area contributed by atoms with Gasteiger partial charge in [0.2, 0.25) is 0 Å². The lowest BCUT2D eigenvalue weighted by molar-refractivity contribution is 0.664. The van der Waals surface area contributed by atoms with E-state index >= 15 is 0 Å². The summed E-state index contributed by atoms with van der Waals surface area (Å²) >= 11 is 0. The number of aryl methyl sites for hydroxylation is 1. The van der Waals surface area contributed by atoms with Gasteiger partial charge in [0.25, 0.3) is 5.56 Å². The average molecular weight is 179 g/mol. The van der Waals surface area contributed by atoms with Crippen LogP contribution in [0.15, 0.2) is 10.9 Å². The molecule has 1 aromatic rings. The van der Waals surface area contributed by atoms with Crippen LogP contribution >= 0.6 is 0 Å². The second-order valence-electron chi connectivity index (χ2n) is 3.33. The molecule has 2 rings (SSSR count). The molecule has 70 valence electrons. The van der Waals surface area contributed by atoms with Crippen LogP contribution in [0.2, 0.25) is 0 Å². The Balaban J connectivity index is 2.49. The predicted molar refractivity (Wildman–Crippen MR) is 49.8 cm³/mol. The first-order valence-corrected chi connectivity index (χ1v) is 4.54. The largest absolute Gasteiger partial charge is 0.316 e. The fourth-order valence-electron chi connectivity index (χ4n) is 1.60. The molecule has 0 aliphatic carbocycles. The summed E-state index contributed by atoms with van der Waals surface area (Å²) in [6, 6.07) is 1.70. The summed E-state index contributed by atoms with van der Waals surface area (Å²) in [5.41, 5.74) is 2.15. The Labute approximate surface area is 76.6 Å². The Hall–Kier alpha value is -1.16. The standard InChI is InChI=1S/C9H13N3O/c1-12-9(13)6-7-2-4-10-5-3-8(7)11-12/h6,10H,2-5H2,1H3. The van der Waals surface area contributed by atoms with Gasteiger partial charge in [0, 0.05) is 26.1 Å². The quantitative estimate of drug-likeness (QED) is 0.582. The molecule has 4 heteroatoms. The molecule has 2 heterocycles. The predicted octanol–water partition coefficient (Wildman–Crippen LogP) is -0.532. The second-order valence-corrected chi connectivity index (χ2v) is 3.33. The number of hydrogen-bond donors (Lipinski definition) is 1. The molecule has 0 bridgehead atoms. The third kappa shape index (κ3) is 1.62. The van der Waals surface area contributed by atoms with Crippen LogP contribution in [0.1, 0.15) is 11.3 Å². The summed E-state index contributed by atoms with van der Waals surface area (Å²) < 4.78 is 1.41. The molecule has 0 radical (unpaired) electrons. The molecule has 1 aliphatic heterocycles. The summed E-state index contributed by atoms with van der Waals surface area (Å²) in [6.07, 6.45) is 1.84. The van der Waals surface area contributed by atoms with Crippen molar-refractivity contribution in [1.29, 1.82) is 0 Å². The van der Waals surface area contributed by atoms with Gasteiger partial charge in [0.15, 0.2) is 0 Å². The van der Waals surface area contributed by atoms with Gasteiger partial charge in [0.05, 0.1) is 5.69 Å². The second kappa shape index (κ2) is 3.30. The van der Waals surface area contributed by atoms with Crippen molar-refractivity contribution >= 4 is 0 Å². The Morgan fingerprint density at radius 2 is 2.23 bits per heavy atom. The highest BCUT2D eigenvalue weighted by molar-refractivity contribution is 5.19. The van der Waals surface area contributed by atoms with E-state index in [1.54, 1.807) is 13.1 Å². The van der Waals surface area contributed by atoms with E-state index in [1.165, 1.54) is 4.68 Å². The molecule has 0 spiro atoms. The zero-order valence-corrected chi connectivity index (χ0v) is 7.71. The highest BCUT2D eigenvalue weighted by Gasteiger charge is 2.09. The molecule has 13 heavy (non-hydrogen) atoms.